The predicted molar refractivity (Wildman–Crippen MR) is 58.7 cm³/mol. The quantitative estimate of drug-likeness (QED) is 0.545. The summed E-state index contributed by atoms with van der Waals surface area (Å²) in [7, 11) is 2.10. The average Bonchev–Trinajstić information content (AvgIpc) is 2.30. The number of nitrogens with one attached hydrogen (secondary N) is 2. The Morgan fingerprint density at radius 1 is 1.20 bits per heavy atom. The van der Waals surface area contributed by atoms with Gasteiger partial charge < -0.3 is 20.4 Å². The molecule has 0 aromatic heterocycles. The van der Waals surface area contributed by atoms with Gasteiger partial charge in [-0.3, -0.25) is 4.79 Å². The first-order valence-corrected chi connectivity index (χ1v) is 5.69. The van der Waals surface area contributed by atoms with E-state index >= 15 is 0 Å². The zero-order chi connectivity index (χ0) is 10.7. The first-order chi connectivity index (χ1) is 7.27. The van der Waals surface area contributed by atoms with Gasteiger partial charge in [-0.05, 0) is 7.05 Å². The van der Waals surface area contributed by atoms with E-state index in [9.17, 15) is 4.79 Å². The average molecular weight is 212 g/mol. The van der Waals surface area contributed by atoms with Gasteiger partial charge in [0.25, 0.3) is 0 Å². The zero-order valence-electron chi connectivity index (χ0n) is 9.33. The molecule has 2 fully saturated rings. The summed E-state index contributed by atoms with van der Waals surface area (Å²) in [5.74, 6) is 0.260. The van der Waals surface area contributed by atoms with E-state index in [1.807, 2.05) is 4.90 Å². The highest BCUT2D eigenvalue weighted by Crippen LogP contribution is 2.02. The van der Waals surface area contributed by atoms with Gasteiger partial charge in [-0.1, -0.05) is 0 Å². The smallest absolute Gasteiger partial charge is 0.241 e. The van der Waals surface area contributed by atoms with E-state index in [0.29, 0.717) is 0 Å². The Hall–Kier alpha value is -0.650. The van der Waals surface area contributed by atoms with Crippen LogP contribution in [-0.2, 0) is 4.79 Å². The number of carbonyl (C=O) groups excluding carboxylic acids is 1. The molecule has 2 N–H and O–H groups in total. The summed E-state index contributed by atoms with van der Waals surface area (Å²) >= 11 is 0. The summed E-state index contributed by atoms with van der Waals surface area (Å²) in [4.78, 5) is 16.3. The van der Waals surface area contributed by atoms with Crippen LogP contribution in [0.25, 0.3) is 0 Å². The number of likely N-dealkylation sites (N-methyl/N-ethyl adjacent to an activating group) is 1. The lowest BCUT2D eigenvalue weighted by Gasteiger charge is -2.35. The molecule has 2 aliphatic heterocycles. The minimum atomic E-state index is -0.0119. The molecule has 2 aliphatic rings. The number of piperazine rings is 2. The summed E-state index contributed by atoms with van der Waals surface area (Å²) in [6.45, 7) is 6.35. The van der Waals surface area contributed by atoms with Gasteiger partial charge in [0, 0.05) is 45.8 Å². The molecule has 0 bridgehead atoms. The van der Waals surface area contributed by atoms with Crippen LogP contribution < -0.4 is 10.6 Å². The molecule has 0 radical (unpaired) electrons. The molecule has 2 rings (SSSR count). The first kappa shape index (κ1) is 10.9. The van der Waals surface area contributed by atoms with Crippen molar-refractivity contribution in [2.75, 3.05) is 52.9 Å². The third-order valence-electron chi connectivity index (χ3n) is 3.15. The second kappa shape index (κ2) is 4.92. The fourth-order valence-corrected chi connectivity index (χ4v) is 2.08. The van der Waals surface area contributed by atoms with E-state index < -0.39 is 0 Å². The van der Waals surface area contributed by atoms with E-state index in [2.05, 4.69) is 22.6 Å². The molecule has 0 spiro atoms. The van der Waals surface area contributed by atoms with Crippen molar-refractivity contribution in [3.63, 3.8) is 0 Å². The van der Waals surface area contributed by atoms with Crippen molar-refractivity contribution in [3.8, 4) is 0 Å². The van der Waals surface area contributed by atoms with Crippen molar-refractivity contribution in [1.82, 2.24) is 20.4 Å². The Balaban J connectivity index is 1.84. The number of hydrogen-bond donors (Lipinski definition) is 2. The van der Waals surface area contributed by atoms with E-state index in [1.54, 1.807) is 0 Å². The third kappa shape index (κ3) is 2.68. The van der Waals surface area contributed by atoms with Gasteiger partial charge >= 0.3 is 0 Å². The number of nitrogens with zero attached hydrogens (tertiary/aromatic N) is 2. The molecule has 1 amide bonds. The van der Waals surface area contributed by atoms with Gasteiger partial charge in [0.2, 0.25) is 5.91 Å². The third-order valence-corrected chi connectivity index (χ3v) is 3.15. The van der Waals surface area contributed by atoms with E-state index in [-0.39, 0.29) is 11.9 Å². The Morgan fingerprint density at radius 2 is 1.93 bits per heavy atom. The van der Waals surface area contributed by atoms with Gasteiger partial charge in [0.1, 0.15) is 0 Å². The number of amides is 1. The molecule has 1 atom stereocenters. The SMILES string of the molecule is CN1CCN(C(=O)C2CNCCN2)CC1. The summed E-state index contributed by atoms with van der Waals surface area (Å²) < 4.78 is 0. The number of carbonyl (C=O) groups is 1. The van der Waals surface area contributed by atoms with Crippen LogP contribution in [0.3, 0.4) is 0 Å². The van der Waals surface area contributed by atoms with Crippen LogP contribution in [0.1, 0.15) is 0 Å². The van der Waals surface area contributed by atoms with Gasteiger partial charge in [0.05, 0.1) is 6.04 Å². The lowest BCUT2D eigenvalue weighted by Crippen LogP contribution is -2.59. The monoisotopic (exact) mass is 212 g/mol. The van der Waals surface area contributed by atoms with Crippen LogP contribution in [0.2, 0.25) is 0 Å². The van der Waals surface area contributed by atoms with Crippen LogP contribution in [0.5, 0.6) is 0 Å². The van der Waals surface area contributed by atoms with Crippen molar-refractivity contribution in [1.29, 1.82) is 0 Å². The maximum atomic E-state index is 12.1. The van der Waals surface area contributed by atoms with E-state index in [1.165, 1.54) is 0 Å². The maximum absolute atomic E-state index is 12.1. The minimum absolute atomic E-state index is 0.0119. The lowest BCUT2D eigenvalue weighted by atomic mass is 10.2. The van der Waals surface area contributed by atoms with Crippen LogP contribution in [-0.4, -0.2) is 74.6 Å². The highest BCUT2D eigenvalue weighted by molar-refractivity contribution is 5.82. The number of hydrogen-bond acceptors (Lipinski definition) is 4. The Morgan fingerprint density at radius 3 is 2.53 bits per heavy atom. The normalized spacial score (nSPS) is 29.1. The van der Waals surface area contributed by atoms with Crippen LogP contribution in [0, 0.1) is 0 Å². The second-order valence-corrected chi connectivity index (χ2v) is 4.34. The van der Waals surface area contributed by atoms with Gasteiger partial charge in [-0.2, -0.15) is 0 Å². The molecule has 0 aromatic carbocycles. The van der Waals surface area contributed by atoms with Crippen molar-refractivity contribution in [2.45, 2.75) is 6.04 Å². The summed E-state index contributed by atoms with van der Waals surface area (Å²) in [5, 5.41) is 6.50. The standard InChI is InChI=1S/C10H20N4O/c1-13-4-6-14(7-5-13)10(15)9-8-11-2-3-12-9/h9,11-12H,2-8H2,1H3. The van der Waals surface area contributed by atoms with Gasteiger partial charge in [-0.25, -0.2) is 0 Å². The molecule has 0 saturated carbocycles. The van der Waals surface area contributed by atoms with Crippen LogP contribution >= 0.6 is 0 Å². The summed E-state index contributed by atoms with van der Waals surface area (Å²) in [5.41, 5.74) is 0. The lowest BCUT2D eigenvalue weighted by molar-refractivity contribution is -0.135. The molecule has 0 aromatic rings. The summed E-state index contributed by atoms with van der Waals surface area (Å²) in [6.07, 6.45) is 0. The fourth-order valence-electron chi connectivity index (χ4n) is 2.08. The molecule has 5 nitrogen and oxygen atoms in total. The van der Waals surface area contributed by atoms with Crippen molar-refractivity contribution < 1.29 is 4.79 Å². The van der Waals surface area contributed by atoms with E-state index in [0.717, 1.165) is 45.8 Å². The molecule has 2 saturated heterocycles. The second-order valence-electron chi connectivity index (χ2n) is 4.34. The van der Waals surface area contributed by atoms with Crippen LogP contribution in [0.4, 0.5) is 0 Å². The molecular weight excluding hydrogens is 192 g/mol. The van der Waals surface area contributed by atoms with Crippen molar-refractivity contribution in [3.05, 3.63) is 0 Å². The Kier molecular flexibility index (Phi) is 3.56. The molecule has 1 unspecified atom stereocenters. The van der Waals surface area contributed by atoms with Gasteiger partial charge in [0.15, 0.2) is 0 Å². The molecule has 15 heavy (non-hydrogen) atoms. The van der Waals surface area contributed by atoms with Gasteiger partial charge in [-0.15, -0.1) is 0 Å². The van der Waals surface area contributed by atoms with E-state index in [4.69, 9.17) is 0 Å². The predicted octanol–water partition coefficient (Wildman–Crippen LogP) is -1.68. The Bertz CT molecular complexity index is 219. The maximum Gasteiger partial charge on any atom is 0.241 e. The fraction of sp³-hybridized carbons (Fsp3) is 0.900. The Labute approximate surface area is 90.8 Å². The minimum Gasteiger partial charge on any atom is -0.339 e. The topological polar surface area (TPSA) is 47.6 Å². The van der Waals surface area contributed by atoms with Crippen LogP contribution in [0.15, 0.2) is 0 Å². The summed E-state index contributed by atoms with van der Waals surface area (Å²) in [6, 6.07) is -0.0119. The van der Waals surface area contributed by atoms with Crippen molar-refractivity contribution in [2.24, 2.45) is 0 Å². The molecule has 2 heterocycles. The zero-order valence-corrected chi connectivity index (χ0v) is 9.33. The highest BCUT2D eigenvalue weighted by atomic mass is 16.2. The molecular formula is C10H20N4O. The number of rotatable bonds is 1. The molecule has 86 valence electrons. The molecule has 5 heteroatoms. The highest BCUT2D eigenvalue weighted by Gasteiger charge is 2.27. The molecule has 0 aliphatic carbocycles. The first-order valence-electron chi connectivity index (χ1n) is 5.69. The largest absolute Gasteiger partial charge is 0.339 e. The van der Waals surface area contributed by atoms with Crippen molar-refractivity contribution >= 4 is 5.91 Å².